The Morgan fingerprint density at radius 3 is 2.50 bits per heavy atom. The second-order valence-corrected chi connectivity index (χ2v) is 5.45. The molecule has 1 atom stereocenters. The molecule has 0 aromatic rings. The first-order valence-corrected chi connectivity index (χ1v) is 7.33. The first-order chi connectivity index (χ1) is 7.86. The summed E-state index contributed by atoms with van der Waals surface area (Å²) in [5.41, 5.74) is 3.03. The molecule has 1 fully saturated rings. The number of hydrogen-bond acceptors (Lipinski definition) is 2. The van der Waals surface area contributed by atoms with E-state index in [9.17, 15) is 0 Å². The third kappa shape index (κ3) is 5.86. The molecule has 0 radical (unpaired) electrons. The van der Waals surface area contributed by atoms with Crippen LogP contribution in [0.15, 0.2) is 0 Å². The Morgan fingerprint density at radius 2 is 1.88 bits per heavy atom. The molecular weight excluding hydrogens is 196 g/mol. The summed E-state index contributed by atoms with van der Waals surface area (Å²) in [7, 11) is 0. The molecule has 1 aliphatic carbocycles. The third-order valence-electron chi connectivity index (χ3n) is 3.98. The fourth-order valence-electron chi connectivity index (χ4n) is 2.91. The summed E-state index contributed by atoms with van der Waals surface area (Å²) >= 11 is 0. The summed E-state index contributed by atoms with van der Waals surface area (Å²) in [6.45, 7) is 2.26. The summed E-state index contributed by atoms with van der Waals surface area (Å²) in [4.78, 5) is 0. The van der Waals surface area contributed by atoms with Gasteiger partial charge in [-0.25, -0.2) is 0 Å². The van der Waals surface area contributed by atoms with Crippen molar-refractivity contribution in [2.24, 2.45) is 11.8 Å². The smallest absolute Gasteiger partial charge is 0.0213 e. The van der Waals surface area contributed by atoms with Gasteiger partial charge in [-0.05, 0) is 18.8 Å². The molecule has 3 N–H and O–H groups in total. The van der Waals surface area contributed by atoms with E-state index in [2.05, 4.69) is 12.3 Å². The highest BCUT2D eigenvalue weighted by Gasteiger charge is 2.17. The molecule has 96 valence electrons. The maximum absolute atomic E-state index is 5.65. The van der Waals surface area contributed by atoms with E-state index in [1.54, 1.807) is 0 Å². The van der Waals surface area contributed by atoms with Gasteiger partial charge in [0.15, 0.2) is 0 Å². The third-order valence-corrected chi connectivity index (χ3v) is 3.98. The zero-order chi connectivity index (χ0) is 11.6. The van der Waals surface area contributed by atoms with Crippen LogP contribution in [0.4, 0.5) is 0 Å². The van der Waals surface area contributed by atoms with Gasteiger partial charge in [-0.2, -0.15) is 0 Å². The fourth-order valence-corrected chi connectivity index (χ4v) is 2.91. The van der Waals surface area contributed by atoms with Gasteiger partial charge in [-0.3, -0.25) is 11.3 Å². The van der Waals surface area contributed by atoms with Crippen molar-refractivity contribution in [2.75, 3.05) is 0 Å². The monoisotopic (exact) mass is 226 g/mol. The lowest BCUT2D eigenvalue weighted by Gasteiger charge is -2.26. The Balaban J connectivity index is 2.09. The van der Waals surface area contributed by atoms with Crippen molar-refractivity contribution in [3.05, 3.63) is 0 Å². The van der Waals surface area contributed by atoms with E-state index in [4.69, 9.17) is 5.84 Å². The molecular formula is C14H30N2. The maximum Gasteiger partial charge on any atom is 0.0213 e. The highest BCUT2D eigenvalue weighted by atomic mass is 15.2. The van der Waals surface area contributed by atoms with Gasteiger partial charge >= 0.3 is 0 Å². The van der Waals surface area contributed by atoms with Gasteiger partial charge in [-0.15, -0.1) is 0 Å². The van der Waals surface area contributed by atoms with Crippen LogP contribution < -0.4 is 11.3 Å². The molecule has 0 heterocycles. The zero-order valence-corrected chi connectivity index (χ0v) is 11.0. The highest BCUT2D eigenvalue weighted by Crippen LogP contribution is 2.28. The first kappa shape index (κ1) is 14.0. The SMILES string of the molecule is CCCCCCC(CC1CCCCC1)NN. The Bertz CT molecular complexity index is 153. The molecule has 2 heteroatoms. The van der Waals surface area contributed by atoms with Crippen LogP contribution in [0, 0.1) is 5.92 Å². The highest BCUT2D eigenvalue weighted by molar-refractivity contribution is 4.73. The van der Waals surface area contributed by atoms with E-state index < -0.39 is 0 Å². The molecule has 1 saturated carbocycles. The average molecular weight is 226 g/mol. The molecule has 0 spiro atoms. The lowest BCUT2D eigenvalue weighted by Crippen LogP contribution is -2.36. The molecule has 0 amide bonds. The van der Waals surface area contributed by atoms with Crippen LogP contribution in [-0.4, -0.2) is 6.04 Å². The van der Waals surface area contributed by atoms with Gasteiger partial charge in [0.1, 0.15) is 0 Å². The van der Waals surface area contributed by atoms with Crippen LogP contribution in [0.3, 0.4) is 0 Å². The summed E-state index contributed by atoms with van der Waals surface area (Å²) in [5, 5.41) is 0. The Kier molecular flexibility index (Phi) is 7.87. The van der Waals surface area contributed by atoms with Crippen LogP contribution in [0.1, 0.15) is 77.6 Å². The van der Waals surface area contributed by atoms with Gasteiger partial charge < -0.3 is 0 Å². The second-order valence-electron chi connectivity index (χ2n) is 5.45. The predicted octanol–water partition coefficient (Wildman–Crippen LogP) is 3.76. The summed E-state index contributed by atoms with van der Waals surface area (Å²) in [5.74, 6) is 6.60. The lowest BCUT2D eigenvalue weighted by atomic mass is 9.84. The molecule has 1 aliphatic rings. The Morgan fingerprint density at radius 1 is 1.12 bits per heavy atom. The van der Waals surface area contributed by atoms with Crippen LogP contribution in [0.25, 0.3) is 0 Å². The van der Waals surface area contributed by atoms with Crippen molar-refractivity contribution >= 4 is 0 Å². The lowest BCUT2D eigenvalue weighted by molar-refractivity contribution is 0.288. The van der Waals surface area contributed by atoms with Crippen molar-refractivity contribution in [2.45, 2.75) is 83.6 Å². The van der Waals surface area contributed by atoms with E-state index in [-0.39, 0.29) is 0 Å². The van der Waals surface area contributed by atoms with E-state index in [1.807, 2.05) is 0 Å². The van der Waals surface area contributed by atoms with E-state index in [0.717, 1.165) is 5.92 Å². The number of nitrogens with one attached hydrogen (secondary N) is 1. The number of unbranched alkanes of at least 4 members (excludes halogenated alkanes) is 3. The van der Waals surface area contributed by atoms with Gasteiger partial charge in [0.2, 0.25) is 0 Å². The second kappa shape index (κ2) is 9.00. The number of hydrazine groups is 1. The first-order valence-electron chi connectivity index (χ1n) is 7.33. The zero-order valence-electron chi connectivity index (χ0n) is 11.0. The van der Waals surface area contributed by atoms with Crippen molar-refractivity contribution in [3.63, 3.8) is 0 Å². The van der Waals surface area contributed by atoms with Crippen LogP contribution >= 0.6 is 0 Å². The molecule has 0 aromatic carbocycles. The van der Waals surface area contributed by atoms with Gasteiger partial charge in [0, 0.05) is 6.04 Å². The van der Waals surface area contributed by atoms with Crippen LogP contribution in [0.5, 0.6) is 0 Å². The molecule has 0 aromatic heterocycles. The standard InChI is InChI=1S/C14H30N2/c1-2-3-4-8-11-14(16-15)12-13-9-6-5-7-10-13/h13-14,16H,2-12,15H2,1H3. The quantitative estimate of drug-likeness (QED) is 0.376. The predicted molar refractivity (Wildman–Crippen MR) is 71.1 cm³/mol. The number of hydrogen-bond donors (Lipinski definition) is 2. The van der Waals surface area contributed by atoms with Gasteiger partial charge in [-0.1, -0.05) is 64.7 Å². The summed E-state index contributed by atoms with van der Waals surface area (Å²) in [6.07, 6.45) is 15.2. The van der Waals surface area contributed by atoms with E-state index in [0.29, 0.717) is 6.04 Å². The molecule has 2 nitrogen and oxygen atoms in total. The van der Waals surface area contributed by atoms with Gasteiger partial charge in [0.05, 0.1) is 0 Å². The van der Waals surface area contributed by atoms with Crippen molar-refractivity contribution in [1.82, 2.24) is 5.43 Å². The molecule has 0 aliphatic heterocycles. The normalized spacial score (nSPS) is 19.9. The van der Waals surface area contributed by atoms with Crippen LogP contribution in [-0.2, 0) is 0 Å². The minimum Gasteiger partial charge on any atom is -0.271 e. The van der Waals surface area contributed by atoms with Crippen molar-refractivity contribution in [1.29, 1.82) is 0 Å². The van der Waals surface area contributed by atoms with Crippen molar-refractivity contribution in [3.8, 4) is 0 Å². The molecule has 0 saturated heterocycles. The number of nitrogens with two attached hydrogens (primary N) is 1. The summed E-state index contributed by atoms with van der Waals surface area (Å²) < 4.78 is 0. The largest absolute Gasteiger partial charge is 0.271 e. The fraction of sp³-hybridized carbons (Fsp3) is 1.00. The molecule has 0 bridgehead atoms. The molecule has 1 rings (SSSR count). The maximum atomic E-state index is 5.65. The Hall–Kier alpha value is -0.0800. The minimum atomic E-state index is 0.569. The number of rotatable bonds is 8. The van der Waals surface area contributed by atoms with E-state index >= 15 is 0 Å². The minimum absolute atomic E-state index is 0.569. The van der Waals surface area contributed by atoms with E-state index in [1.165, 1.54) is 70.6 Å². The molecule has 1 unspecified atom stereocenters. The van der Waals surface area contributed by atoms with Gasteiger partial charge in [0.25, 0.3) is 0 Å². The van der Waals surface area contributed by atoms with Crippen molar-refractivity contribution < 1.29 is 0 Å². The van der Waals surface area contributed by atoms with Crippen LogP contribution in [0.2, 0.25) is 0 Å². The Labute approximate surface area is 101 Å². The summed E-state index contributed by atoms with van der Waals surface area (Å²) in [6, 6.07) is 0.569. The topological polar surface area (TPSA) is 38.0 Å². The average Bonchev–Trinajstić information content (AvgIpc) is 2.34. The molecule has 16 heavy (non-hydrogen) atoms.